The summed E-state index contributed by atoms with van der Waals surface area (Å²) in [5.74, 6) is 0.239. The minimum Gasteiger partial charge on any atom is -0.492 e. The average Bonchev–Trinajstić information content (AvgIpc) is 2.59. The van der Waals surface area contributed by atoms with Gasteiger partial charge in [-0.3, -0.25) is 14.9 Å². The van der Waals surface area contributed by atoms with E-state index in [9.17, 15) is 14.9 Å². The Labute approximate surface area is 152 Å². The maximum atomic E-state index is 12.4. The van der Waals surface area contributed by atoms with Crippen LogP contribution in [0.25, 0.3) is 0 Å². The van der Waals surface area contributed by atoms with Crippen LogP contribution in [0.3, 0.4) is 0 Å². The topological polar surface area (TPSA) is 107 Å². The third kappa shape index (κ3) is 4.80. The van der Waals surface area contributed by atoms with Crippen LogP contribution in [0.5, 0.6) is 5.75 Å². The smallest absolute Gasteiger partial charge is 0.273 e. The molecule has 0 atom stereocenters. The lowest BCUT2D eigenvalue weighted by Gasteiger charge is -2.19. The maximum Gasteiger partial charge on any atom is 0.273 e. The van der Waals surface area contributed by atoms with E-state index in [1.165, 1.54) is 6.07 Å². The minimum absolute atomic E-state index is 0.0596. The number of rotatable bonds is 6. The van der Waals surface area contributed by atoms with E-state index in [-0.39, 0.29) is 11.3 Å². The molecule has 3 N–H and O–H groups in total. The van der Waals surface area contributed by atoms with Crippen molar-refractivity contribution in [1.82, 2.24) is 0 Å². The van der Waals surface area contributed by atoms with Gasteiger partial charge in [0, 0.05) is 29.4 Å². The normalized spacial score (nSPS) is 11.1. The van der Waals surface area contributed by atoms with Crippen molar-refractivity contribution in [3.63, 3.8) is 0 Å². The molecule has 1 amide bonds. The van der Waals surface area contributed by atoms with Crippen LogP contribution in [-0.4, -0.2) is 24.0 Å². The lowest BCUT2D eigenvalue weighted by Crippen LogP contribution is -2.16. The molecule has 0 aliphatic carbocycles. The molecule has 0 aromatic heterocycles. The van der Waals surface area contributed by atoms with Gasteiger partial charge in [0.25, 0.3) is 11.6 Å². The number of nitro benzene ring substituents is 1. The van der Waals surface area contributed by atoms with Crippen LogP contribution in [0, 0.1) is 10.1 Å². The first-order chi connectivity index (χ1) is 12.2. The SMILES string of the molecule is CC(C)(C)c1ccc(C(=O)Nc2ccc(OCCN)cc2)cc1[N+](=O)[O-]. The van der Waals surface area contributed by atoms with E-state index in [2.05, 4.69) is 5.32 Å². The van der Waals surface area contributed by atoms with E-state index in [1.807, 2.05) is 20.8 Å². The van der Waals surface area contributed by atoms with Gasteiger partial charge in [-0.2, -0.15) is 0 Å². The van der Waals surface area contributed by atoms with Crippen LogP contribution in [0.15, 0.2) is 42.5 Å². The average molecular weight is 357 g/mol. The van der Waals surface area contributed by atoms with Gasteiger partial charge in [0.2, 0.25) is 0 Å². The summed E-state index contributed by atoms with van der Waals surface area (Å²) < 4.78 is 5.37. The molecule has 0 aliphatic rings. The van der Waals surface area contributed by atoms with Crippen molar-refractivity contribution >= 4 is 17.3 Å². The van der Waals surface area contributed by atoms with Gasteiger partial charge in [-0.15, -0.1) is 0 Å². The molecule has 138 valence electrons. The molecule has 0 radical (unpaired) electrons. The van der Waals surface area contributed by atoms with Crippen molar-refractivity contribution in [3.8, 4) is 5.75 Å². The number of carbonyl (C=O) groups excluding carboxylic acids is 1. The fraction of sp³-hybridized carbons (Fsp3) is 0.316. The third-order valence-corrected chi connectivity index (χ3v) is 3.76. The van der Waals surface area contributed by atoms with Crippen molar-refractivity contribution in [1.29, 1.82) is 0 Å². The zero-order chi connectivity index (χ0) is 19.3. The number of nitrogens with one attached hydrogen (secondary N) is 1. The number of hydrogen-bond acceptors (Lipinski definition) is 5. The lowest BCUT2D eigenvalue weighted by molar-refractivity contribution is -0.386. The van der Waals surface area contributed by atoms with Crippen molar-refractivity contribution in [2.45, 2.75) is 26.2 Å². The largest absolute Gasteiger partial charge is 0.492 e. The Morgan fingerprint density at radius 3 is 2.38 bits per heavy atom. The van der Waals surface area contributed by atoms with Crippen LogP contribution in [0.2, 0.25) is 0 Å². The van der Waals surface area contributed by atoms with Gasteiger partial charge in [0.1, 0.15) is 12.4 Å². The van der Waals surface area contributed by atoms with Crippen LogP contribution >= 0.6 is 0 Å². The summed E-state index contributed by atoms with van der Waals surface area (Å²) in [6.07, 6.45) is 0. The fourth-order valence-electron chi connectivity index (χ4n) is 2.47. The zero-order valence-electron chi connectivity index (χ0n) is 15.1. The number of carbonyl (C=O) groups is 1. The molecule has 7 heteroatoms. The predicted octanol–water partition coefficient (Wildman–Crippen LogP) is 3.48. The molecule has 0 heterocycles. The Bertz CT molecular complexity index is 795. The number of anilines is 1. The van der Waals surface area contributed by atoms with Gasteiger partial charge in [0.15, 0.2) is 0 Å². The van der Waals surface area contributed by atoms with E-state index in [0.717, 1.165) is 0 Å². The molecule has 0 spiro atoms. The molecule has 2 rings (SSSR count). The molecule has 26 heavy (non-hydrogen) atoms. The number of nitro groups is 1. The number of nitrogens with two attached hydrogens (primary N) is 1. The van der Waals surface area contributed by atoms with Crippen LogP contribution in [0.1, 0.15) is 36.7 Å². The molecule has 0 unspecified atom stereocenters. The Balaban J connectivity index is 2.19. The van der Waals surface area contributed by atoms with E-state index < -0.39 is 16.2 Å². The van der Waals surface area contributed by atoms with E-state index in [0.29, 0.717) is 30.2 Å². The molecule has 2 aromatic carbocycles. The van der Waals surface area contributed by atoms with Crippen molar-refractivity contribution < 1.29 is 14.5 Å². The van der Waals surface area contributed by atoms with Crippen molar-refractivity contribution in [2.24, 2.45) is 5.73 Å². The number of amides is 1. The summed E-state index contributed by atoms with van der Waals surface area (Å²) in [5.41, 5.74) is 6.31. The first kappa shape index (κ1) is 19.4. The molecule has 7 nitrogen and oxygen atoms in total. The second-order valence-corrected chi connectivity index (χ2v) is 6.85. The Kier molecular flexibility index (Phi) is 5.94. The number of hydrogen-bond donors (Lipinski definition) is 2. The molecular weight excluding hydrogens is 334 g/mol. The lowest BCUT2D eigenvalue weighted by atomic mass is 9.85. The Morgan fingerprint density at radius 2 is 1.85 bits per heavy atom. The summed E-state index contributed by atoms with van der Waals surface area (Å²) in [6.45, 7) is 6.51. The zero-order valence-corrected chi connectivity index (χ0v) is 15.1. The third-order valence-electron chi connectivity index (χ3n) is 3.76. The summed E-state index contributed by atoms with van der Waals surface area (Å²) in [6, 6.07) is 11.4. The van der Waals surface area contributed by atoms with Crippen molar-refractivity contribution in [2.75, 3.05) is 18.5 Å². The predicted molar refractivity (Wildman–Crippen MR) is 101 cm³/mol. The van der Waals surface area contributed by atoms with Crippen molar-refractivity contribution in [3.05, 3.63) is 63.7 Å². The number of nitrogens with zero attached hydrogens (tertiary/aromatic N) is 1. The molecule has 0 fully saturated rings. The van der Waals surface area contributed by atoms with Gasteiger partial charge in [0.05, 0.1) is 4.92 Å². The number of ether oxygens (including phenoxy) is 1. The molecule has 0 aliphatic heterocycles. The minimum atomic E-state index is -0.457. The monoisotopic (exact) mass is 357 g/mol. The summed E-state index contributed by atoms with van der Waals surface area (Å²) in [4.78, 5) is 23.3. The van der Waals surface area contributed by atoms with Gasteiger partial charge in [-0.1, -0.05) is 26.8 Å². The van der Waals surface area contributed by atoms with Crippen LogP contribution < -0.4 is 15.8 Å². The molecule has 0 saturated heterocycles. The fourth-order valence-corrected chi connectivity index (χ4v) is 2.47. The standard InChI is InChI=1S/C19H23N3O4/c1-19(2,3)16-9-4-13(12-17(16)22(24)25)18(23)21-14-5-7-15(8-6-14)26-11-10-20/h4-9,12H,10-11,20H2,1-3H3,(H,21,23). The maximum absolute atomic E-state index is 12.4. The second-order valence-electron chi connectivity index (χ2n) is 6.85. The second kappa shape index (κ2) is 7.97. The quantitative estimate of drug-likeness (QED) is 0.608. The van der Waals surface area contributed by atoms with E-state index in [1.54, 1.807) is 36.4 Å². The highest BCUT2D eigenvalue weighted by Crippen LogP contribution is 2.32. The van der Waals surface area contributed by atoms with E-state index >= 15 is 0 Å². The Morgan fingerprint density at radius 1 is 1.19 bits per heavy atom. The van der Waals surface area contributed by atoms with Gasteiger partial charge >= 0.3 is 0 Å². The van der Waals surface area contributed by atoms with Crippen LogP contribution in [-0.2, 0) is 5.41 Å². The van der Waals surface area contributed by atoms with Gasteiger partial charge in [-0.05, 0) is 35.7 Å². The van der Waals surface area contributed by atoms with E-state index in [4.69, 9.17) is 10.5 Å². The Hall–Kier alpha value is -2.93. The summed E-state index contributed by atoms with van der Waals surface area (Å²) in [7, 11) is 0. The highest BCUT2D eigenvalue weighted by atomic mass is 16.6. The first-order valence-electron chi connectivity index (χ1n) is 8.25. The summed E-state index contributed by atoms with van der Waals surface area (Å²) in [5, 5.41) is 14.1. The molecular formula is C19H23N3O4. The van der Waals surface area contributed by atoms with Crippen LogP contribution in [0.4, 0.5) is 11.4 Å². The molecule has 2 aromatic rings. The molecule has 0 bridgehead atoms. The van der Waals surface area contributed by atoms with Gasteiger partial charge < -0.3 is 15.8 Å². The highest BCUT2D eigenvalue weighted by Gasteiger charge is 2.26. The van der Waals surface area contributed by atoms with Gasteiger partial charge in [-0.25, -0.2) is 0 Å². The molecule has 0 saturated carbocycles. The summed E-state index contributed by atoms with van der Waals surface area (Å²) >= 11 is 0. The first-order valence-corrected chi connectivity index (χ1v) is 8.25. The number of benzene rings is 2. The highest BCUT2D eigenvalue weighted by molar-refractivity contribution is 6.04.